The monoisotopic (exact) mass is 266 g/mol. The minimum Gasteiger partial charge on any atom is -0.494 e. The molecule has 0 atom stereocenters. The van der Waals surface area contributed by atoms with Crippen LogP contribution in [0.3, 0.4) is 0 Å². The van der Waals surface area contributed by atoms with Crippen molar-refractivity contribution in [1.29, 1.82) is 0 Å². The standard InChI is InChI=1S/C15H22O4/c1-2-18-15(17)9-4-3-5-10-19-14-8-6-7-13(11-14)12-16/h6-8,11,16H,2-5,9-10,12H2,1H3. The predicted molar refractivity (Wildman–Crippen MR) is 73.0 cm³/mol. The van der Waals surface area contributed by atoms with Crippen molar-refractivity contribution in [1.82, 2.24) is 0 Å². The van der Waals surface area contributed by atoms with Crippen molar-refractivity contribution >= 4 is 5.97 Å². The Morgan fingerprint density at radius 1 is 1.26 bits per heavy atom. The van der Waals surface area contributed by atoms with Crippen LogP contribution < -0.4 is 4.74 Å². The molecule has 0 aromatic heterocycles. The van der Waals surface area contributed by atoms with E-state index in [0.29, 0.717) is 19.6 Å². The van der Waals surface area contributed by atoms with Crippen molar-refractivity contribution in [2.45, 2.75) is 39.2 Å². The average molecular weight is 266 g/mol. The van der Waals surface area contributed by atoms with Crippen LogP contribution in [-0.4, -0.2) is 24.3 Å². The highest BCUT2D eigenvalue weighted by Gasteiger charge is 2.01. The average Bonchev–Trinajstić information content (AvgIpc) is 2.43. The molecule has 19 heavy (non-hydrogen) atoms. The highest BCUT2D eigenvalue weighted by atomic mass is 16.5. The molecule has 0 unspecified atom stereocenters. The number of ether oxygens (including phenoxy) is 2. The molecule has 1 aromatic carbocycles. The topological polar surface area (TPSA) is 55.8 Å². The zero-order valence-electron chi connectivity index (χ0n) is 11.4. The Morgan fingerprint density at radius 2 is 2.11 bits per heavy atom. The lowest BCUT2D eigenvalue weighted by Crippen LogP contribution is -2.04. The molecule has 0 bridgehead atoms. The van der Waals surface area contributed by atoms with Crippen molar-refractivity contribution in [2.75, 3.05) is 13.2 Å². The van der Waals surface area contributed by atoms with E-state index in [1.165, 1.54) is 0 Å². The third-order valence-corrected chi connectivity index (χ3v) is 2.68. The number of aliphatic hydroxyl groups excluding tert-OH is 1. The molecule has 0 aliphatic heterocycles. The molecular weight excluding hydrogens is 244 g/mol. The van der Waals surface area contributed by atoms with Crippen molar-refractivity contribution in [2.24, 2.45) is 0 Å². The van der Waals surface area contributed by atoms with Gasteiger partial charge in [-0.25, -0.2) is 0 Å². The Morgan fingerprint density at radius 3 is 2.84 bits per heavy atom. The minimum absolute atomic E-state index is 0.0245. The number of carbonyl (C=O) groups is 1. The van der Waals surface area contributed by atoms with E-state index in [1.54, 1.807) is 0 Å². The quantitative estimate of drug-likeness (QED) is 0.551. The van der Waals surface area contributed by atoms with E-state index < -0.39 is 0 Å². The number of aliphatic hydroxyl groups is 1. The van der Waals surface area contributed by atoms with Crippen molar-refractivity contribution in [3.63, 3.8) is 0 Å². The van der Waals surface area contributed by atoms with Gasteiger partial charge in [-0.2, -0.15) is 0 Å². The molecule has 0 fully saturated rings. The summed E-state index contributed by atoms with van der Waals surface area (Å²) in [6.07, 6.45) is 3.16. The Bertz CT molecular complexity index is 376. The first kappa shape index (κ1) is 15.5. The van der Waals surface area contributed by atoms with Gasteiger partial charge in [-0.1, -0.05) is 12.1 Å². The number of carbonyl (C=O) groups excluding carboxylic acids is 1. The van der Waals surface area contributed by atoms with Crippen molar-refractivity contribution < 1.29 is 19.4 Å². The van der Waals surface area contributed by atoms with E-state index in [9.17, 15) is 4.79 Å². The normalized spacial score (nSPS) is 10.2. The zero-order chi connectivity index (χ0) is 13.9. The molecule has 1 N–H and O–H groups in total. The molecule has 0 saturated heterocycles. The van der Waals surface area contributed by atoms with E-state index >= 15 is 0 Å². The van der Waals surface area contributed by atoms with Crippen molar-refractivity contribution in [3.8, 4) is 5.75 Å². The fourth-order valence-electron chi connectivity index (χ4n) is 1.70. The smallest absolute Gasteiger partial charge is 0.305 e. The van der Waals surface area contributed by atoms with Gasteiger partial charge in [0.1, 0.15) is 5.75 Å². The molecule has 0 aliphatic carbocycles. The number of hydrogen-bond acceptors (Lipinski definition) is 4. The summed E-state index contributed by atoms with van der Waals surface area (Å²) >= 11 is 0. The Kier molecular flexibility index (Phi) is 7.66. The van der Waals surface area contributed by atoms with Gasteiger partial charge in [-0.05, 0) is 43.9 Å². The second-order valence-electron chi connectivity index (χ2n) is 4.27. The van der Waals surface area contributed by atoms with Crippen LogP contribution in [-0.2, 0) is 16.1 Å². The lowest BCUT2D eigenvalue weighted by molar-refractivity contribution is -0.143. The summed E-state index contributed by atoms with van der Waals surface area (Å²) in [5, 5.41) is 9.00. The summed E-state index contributed by atoms with van der Waals surface area (Å²) in [5.41, 5.74) is 0.847. The molecule has 1 rings (SSSR count). The van der Waals surface area contributed by atoms with Gasteiger partial charge in [0, 0.05) is 6.42 Å². The Labute approximate surface area is 114 Å². The molecule has 0 heterocycles. The van der Waals surface area contributed by atoms with Crippen LogP contribution in [0.15, 0.2) is 24.3 Å². The highest BCUT2D eigenvalue weighted by molar-refractivity contribution is 5.69. The molecule has 0 amide bonds. The van der Waals surface area contributed by atoms with Crippen LogP contribution in [0.25, 0.3) is 0 Å². The second kappa shape index (κ2) is 9.39. The molecule has 0 spiro atoms. The van der Waals surface area contributed by atoms with E-state index in [-0.39, 0.29) is 12.6 Å². The Balaban J connectivity index is 2.08. The van der Waals surface area contributed by atoms with E-state index in [1.807, 2.05) is 31.2 Å². The maximum absolute atomic E-state index is 11.1. The molecule has 0 radical (unpaired) electrons. The molecule has 106 valence electrons. The number of unbranched alkanes of at least 4 members (excludes halogenated alkanes) is 2. The summed E-state index contributed by atoms with van der Waals surface area (Å²) in [4.78, 5) is 11.1. The largest absolute Gasteiger partial charge is 0.494 e. The summed E-state index contributed by atoms with van der Waals surface area (Å²) in [6, 6.07) is 7.42. The van der Waals surface area contributed by atoms with Gasteiger partial charge < -0.3 is 14.6 Å². The van der Waals surface area contributed by atoms with E-state index in [0.717, 1.165) is 30.6 Å². The maximum atomic E-state index is 11.1. The van der Waals surface area contributed by atoms with E-state index in [4.69, 9.17) is 14.6 Å². The third-order valence-electron chi connectivity index (χ3n) is 2.68. The second-order valence-corrected chi connectivity index (χ2v) is 4.27. The number of esters is 1. The fourth-order valence-corrected chi connectivity index (χ4v) is 1.70. The van der Waals surface area contributed by atoms with Gasteiger partial charge in [0.05, 0.1) is 19.8 Å². The Hall–Kier alpha value is -1.55. The van der Waals surface area contributed by atoms with Gasteiger partial charge in [0.2, 0.25) is 0 Å². The maximum Gasteiger partial charge on any atom is 0.305 e. The molecule has 1 aromatic rings. The fraction of sp³-hybridized carbons (Fsp3) is 0.533. The first-order chi connectivity index (χ1) is 9.26. The predicted octanol–water partition coefficient (Wildman–Crippen LogP) is 2.68. The van der Waals surface area contributed by atoms with Gasteiger partial charge in [0.15, 0.2) is 0 Å². The van der Waals surface area contributed by atoms with E-state index in [2.05, 4.69) is 0 Å². The summed E-state index contributed by atoms with van der Waals surface area (Å²) in [5.74, 6) is 0.649. The first-order valence-corrected chi connectivity index (χ1v) is 6.74. The molecular formula is C15H22O4. The SMILES string of the molecule is CCOC(=O)CCCCCOc1cccc(CO)c1. The first-order valence-electron chi connectivity index (χ1n) is 6.74. The zero-order valence-corrected chi connectivity index (χ0v) is 11.4. The van der Waals surface area contributed by atoms with Gasteiger partial charge in [-0.3, -0.25) is 4.79 Å². The summed E-state index contributed by atoms with van der Waals surface area (Å²) < 4.78 is 10.4. The lowest BCUT2D eigenvalue weighted by Gasteiger charge is -2.07. The third kappa shape index (κ3) is 6.82. The minimum atomic E-state index is -0.126. The van der Waals surface area contributed by atoms with Crippen LogP contribution in [0, 0.1) is 0 Å². The molecule has 4 nitrogen and oxygen atoms in total. The lowest BCUT2D eigenvalue weighted by atomic mass is 10.2. The van der Waals surface area contributed by atoms with Crippen LogP contribution in [0.5, 0.6) is 5.75 Å². The number of benzene rings is 1. The summed E-state index contributed by atoms with van der Waals surface area (Å²) in [7, 11) is 0. The number of hydrogen-bond donors (Lipinski definition) is 1. The molecule has 0 saturated carbocycles. The summed E-state index contributed by atoms with van der Waals surface area (Å²) in [6.45, 7) is 2.91. The molecule has 0 aliphatic rings. The van der Waals surface area contributed by atoms with Gasteiger partial charge in [0.25, 0.3) is 0 Å². The molecule has 4 heteroatoms. The highest BCUT2D eigenvalue weighted by Crippen LogP contribution is 2.14. The number of rotatable bonds is 9. The van der Waals surface area contributed by atoms with Crippen LogP contribution in [0.4, 0.5) is 0 Å². The van der Waals surface area contributed by atoms with Gasteiger partial charge in [-0.15, -0.1) is 0 Å². The van der Waals surface area contributed by atoms with Crippen LogP contribution in [0.1, 0.15) is 38.2 Å². The van der Waals surface area contributed by atoms with Gasteiger partial charge >= 0.3 is 5.97 Å². The van der Waals surface area contributed by atoms with Crippen LogP contribution >= 0.6 is 0 Å². The van der Waals surface area contributed by atoms with Crippen LogP contribution in [0.2, 0.25) is 0 Å². The van der Waals surface area contributed by atoms with Crippen molar-refractivity contribution in [3.05, 3.63) is 29.8 Å².